The fourth-order valence-electron chi connectivity index (χ4n) is 2.19. The van der Waals surface area contributed by atoms with Crippen molar-refractivity contribution in [2.75, 3.05) is 0 Å². The Labute approximate surface area is 150 Å². The number of hydrogen-bond donors (Lipinski definition) is 2. The number of carboxylic acid groups (broad SMARTS) is 1. The average Bonchev–Trinajstić information content (AvgIpc) is 3.05. The molecule has 0 amide bonds. The molecule has 0 bridgehead atoms. The fourth-order valence-corrected chi connectivity index (χ4v) is 2.42. The van der Waals surface area contributed by atoms with Gasteiger partial charge in [0.15, 0.2) is 0 Å². The summed E-state index contributed by atoms with van der Waals surface area (Å²) in [6, 6.07) is 13.9. The smallest absolute Gasteiger partial charge is 0.336 e. The number of nitrogens with zero attached hydrogens (tertiary/aromatic N) is 1. The number of carbonyl (C=O) groups is 1. The molecule has 1 aromatic heterocycles. The summed E-state index contributed by atoms with van der Waals surface area (Å²) < 4.78 is 5.40. The van der Waals surface area contributed by atoms with Crippen molar-refractivity contribution in [3.63, 3.8) is 0 Å². The summed E-state index contributed by atoms with van der Waals surface area (Å²) in [7, 11) is 0. The molecular formula is C19H17ClN2O3. The second kappa shape index (κ2) is 8.22. The second-order valence-electron chi connectivity index (χ2n) is 5.47. The van der Waals surface area contributed by atoms with Gasteiger partial charge in [-0.25, -0.2) is 4.79 Å². The molecule has 0 aliphatic rings. The molecule has 128 valence electrons. The molecule has 3 rings (SSSR count). The standard InChI is InChI=1S/C10H10ClNO.C9H7NO2/c1-7(2)13-10-4-3-8(6-12)5-9(10)11;11-9(12)7-2-1-3-8-6(7)4-5-10-8/h3-5,7H,1-2H3;1-5,10H,(H,11,12). The summed E-state index contributed by atoms with van der Waals surface area (Å²) in [5, 5.41) is 18.6. The highest BCUT2D eigenvalue weighted by Crippen LogP contribution is 2.25. The third-order valence-electron chi connectivity index (χ3n) is 3.25. The van der Waals surface area contributed by atoms with E-state index in [1.165, 1.54) is 0 Å². The van der Waals surface area contributed by atoms with Crippen LogP contribution in [0.1, 0.15) is 29.8 Å². The zero-order valence-electron chi connectivity index (χ0n) is 13.8. The van der Waals surface area contributed by atoms with Crippen LogP contribution >= 0.6 is 11.6 Å². The largest absolute Gasteiger partial charge is 0.489 e. The Morgan fingerprint density at radius 2 is 2.04 bits per heavy atom. The summed E-state index contributed by atoms with van der Waals surface area (Å²) in [5.74, 6) is -0.268. The van der Waals surface area contributed by atoms with Gasteiger partial charge in [0, 0.05) is 17.1 Å². The van der Waals surface area contributed by atoms with Gasteiger partial charge in [-0.15, -0.1) is 0 Å². The van der Waals surface area contributed by atoms with Gasteiger partial charge in [0.2, 0.25) is 0 Å². The number of nitrogens with one attached hydrogen (secondary N) is 1. The van der Waals surface area contributed by atoms with Gasteiger partial charge in [0.1, 0.15) is 5.75 Å². The van der Waals surface area contributed by atoms with Crippen LogP contribution in [0.3, 0.4) is 0 Å². The maximum atomic E-state index is 10.7. The Morgan fingerprint density at radius 3 is 2.64 bits per heavy atom. The molecule has 0 spiro atoms. The maximum absolute atomic E-state index is 10.7. The van der Waals surface area contributed by atoms with Crippen molar-refractivity contribution in [1.82, 2.24) is 4.98 Å². The molecule has 0 atom stereocenters. The Balaban J connectivity index is 0.000000181. The van der Waals surface area contributed by atoms with E-state index in [0.29, 0.717) is 21.9 Å². The number of carboxylic acids is 1. The summed E-state index contributed by atoms with van der Waals surface area (Å²) in [4.78, 5) is 13.7. The van der Waals surface area contributed by atoms with E-state index in [0.717, 1.165) is 10.9 Å². The topological polar surface area (TPSA) is 86.1 Å². The van der Waals surface area contributed by atoms with E-state index < -0.39 is 5.97 Å². The van der Waals surface area contributed by atoms with Crippen molar-refractivity contribution in [1.29, 1.82) is 5.26 Å². The number of fused-ring (bicyclic) bond motifs is 1. The van der Waals surface area contributed by atoms with E-state index in [-0.39, 0.29) is 6.10 Å². The molecule has 2 aromatic carbocycles. The Hall–Kier alpha value is -2.97. The predicted octanol–water partition coefficient (Wildman–Crippen LogP) is 4.86. The fraction of sp³-hybridized carbons (Fsp3) is 0.158. The lowest BCUT2D eigenvalue weighted by Gasteiger charge is -2.10. The molecule has 2 N–H and O–H groups in total. The molecule has 0 radical (unpaired) electrons. The molecule has 25 heavy (non-hydrogen) atoms. The number of benzene rings is 2. The number of rotatable bonds is 3. The molecule has 5 nitrogen and oxygen atoms in total. The van der Waals surface area contributed by atoms with Gasteiger partial charge in [-0.05, 0) is 50.2 Å². The highest BCUT2D eigenvalue weighted by atomic mass is 35.5. The maximum Gasteiger partial charge on any atom is 0.336 e. The van der Waals surface area contributed by atoms with Gasteiger partial charge in [-0.2, -0.15) is 5.26 Å². The zero-order valence-corrected chi connectivity index (χ0v) is 14.5. The molecule has 1 heterocycles. The van der Waals surface area contributed by atoms with E-state index in [4.69, 9.17) is 26.7 Å². The zero-order chi connectivity index (χ0) is 18.4. The van der Waals surface area contributed by atoms with Gasteiger partial charge in [0.05, 0.1) is 28.3 Å². The lowest BCUT2D eigenvalue weighted by Crippen LogP contribution is -2.05. The summed E-state index contributed by atoms with van der Waals surface area (Å²) in [6.45, 7) is 3.85. The lowest BCUT2D eigenvalue weighted by atomic mass is 10.1. The normalized spacial score (nSPS) is 10.0. The third-order valence-corrected chi connectivity index (χ3v) is 3.54. The van der Waals surface area contributed by atoms with Gasteiger partial charge in [-0.1, -0.05) is 17.7 Å². The van der Waals surface area contributed by atoms with Crippen molar-refractivity contribution in [2.45, 2.75) is 20.0 Å². The summed E-state index contributed by atoms with van der Waals surface area (Å²) in [5.41, 5.74) is 1.74. The van der Waals surface area contributed by atoms with Crippen molar-refractivity contribution in [3.05, 3.63) is 64.8 Å². The molecule has 0 saturated carbocycles. The molecule has 0 aliphatic carbocycles. The number of hydrogen-bond acceptors (Lipinski definition) is 3. The number of H-pyrrole nitrogens is 1. The van der Waals surface area contributed by atoms with Crippen LogP contribution in [0, 0.1) is 11.3 Å². The monoisotopic (exact) mass is 356 g/mol. The number of aromatic carboxylic acids is 1. The van der Waals surface area contributed by atoms with E-state index in [9.17, 15) is 4.79 Å². The Morgan fingerprint density at radius 1 is 1.28 bits per heavy atom. The van der Waals surface area contributed by atoms with Crippen LogP contribution in [0.4, 0.5) is 0 Å². The first-order valence-corrected chi connectivity index (χ1v) is 7.96. The van der Waals surface area contributed by atoms with Crippen LogP contribution in [-0.4, -0.2) is 22.2 Å². The van der Waals surface area contributed by atoms with E-state index in [1.54, 1.807) is 42.6 Å². The second-order valence-corrected chi connectivity index (χ2v) is 5.88. The molecule has 0 saturated heterocycles. The van der Waals surface area contributed by atoms with Crippen LogP contribution in [0.15, 0.2) is 48.7 Å². The van der Waals surface area contributed by atoms with Crippen LogP contribution < -0.4 is 4.74 Å². The molecule has 6 heteroatoms. The van der Waals surface area contributed by atoms with Crippen LogP contribution in [-0.2, 0) is 0 Å². The average molecular weight is 357 g/mol. The molecule has 0 fully saturated rings. The van der Waals surface area contributed by atoms with Gasteiger partial charge in [0.25, 0.3) is 0 Å². The SMILES string of the molecule is CC(C)Oc1ccc(C#N)cc1Cl.O=C(O)c1cccc2[nH]ccc12. The first-order valence-electron chi connectivity index (χ1n) is 7.58. The van der Waals surface area contributed by atoms with Crippen molar-refractivity contribution in [2.24, 2.45) is 0 Å². The lowest BCUT2D eigenvalue weighted by molar-refractivity contribution is 0.0699. The quantitative estimate of drug-likeness (QED) is 0.701. The molecule has 3 aromatic rings. The number of halogens is 1. The Bertz CT molecular complexity index is 926. The predicted molar refractivity (Wildman–Crippen MR) is 97.2 cm³/mol. The van der Waals surface area contributed by atoms with Gasteiger partial charge in [-0.3, -0.25) is 0 Å². The van der Waals surface area contributed by atoms with Gasteiger partial charge >= 0.3 is 5.97 Å². The number of aromatic nitrogens is 1. The van der Waals surface area contributed by atoms with Crippen LogP contribution in [0.2, 0.25) is 5.02 Å². The minimum absolute atomic E-state index is 0.0884. The van der Waals surface area contributed by atoms with Crippen LogP contribution in [0.5, 0.6) is 5.75 Å². The minimum atomic E-state index is -0.889. The molecule has 0 unspecified atom stereocenters. The first kappa shape index (κ1) is 18.4. The van der Waals surface area contributed by atoms with E-state index in [1.807, 2.05) is 26.0 Å². The molecular weight excluding hydrogens is 340 g/mol. The summed E-state index contributed by atoms with van der Waals surface area (Å²) in [6.07, 6.45) is 1.82. The van der Waals surface area contributed by atoms with Crippen molar-refractivity contribution < 1.29 is 14.6 Å². The van der Waals surface area contributed by atoms with E-state index in [2.05, 4.69) is 4.98 Å². The van der Waals surface area contributed by atoms with E-state index >= 15 is 0 Å². The van der Waals surface area contributed by atoms with Crippen molar-refractivity contribution in [3.8, 4) is 11.8 Å². The third kappa shape index (κ3) is 4.75. The highest BCUT2D eigenvalue weighted by Gasteiger charge is 2.07. The summed E-state index contributed by atoms with van der Waals surface area (Å²) >= 11 is 5.88. The van der Waals surface area contributed by atoms with Gasteiger partial charge < -0.3 is 14.8 Å². The first-order chi connectivity index (χ1) is 11.9. The van der Waals surface area contributed by atoms with Crippen molar-refractivity contribution >= 4 is 28.5 Å². The minimum Gasteiger partial charge on any atom is -0.489 e. The number of aromatic amines is 1. The highest BCUT2D eigenvalue weighted by molar-refractivity contribution is 6.32. The number of ether oxygens (including phenoxy) is 1. The Kier molecular flexibility index (Phi) is 6.04. The number of nitriles is 1. The van der Waals surface area contributed by atoms with Crippen LogP contribution in [0.25, 0.3) is 10.9 Å². The molecule has 0 aliphatic heterocycles.